The fourth-order valence-corrected chi connectivity index (χ4v) is 8.37. The van der Waals surface area contributed by atoms with Crippen molar-refractivity contribution in [2.45, 2.75) is 42.3 Å². The largest absolute Gasteiger partial charge is 0.391 e. The Kier molecular flexibility index (Phi) is 7.33. The Morgan fingerprint density at radius 3 is 2.65 bits per heavy atom. The van der Waals surface area contributed by atoms with Gasteiger partial charge in [-0.25, -0.2) is 17.8 Å². The standard InChI is InChI=1S/C25H31FN8O4S2/c1-17(18-2-4-19(26)5-3-18)34-16-28-29-22(34)14-30-6-8-32(9-7-30)40(37,38)24-11-27-25(39-24)31-12-20-10-21(35)13-33(20)23(36)15-31/h2-5,11,16-17,20-21,35H,6-10,12-15H2,1H3/t17-,20+,21-/m1/s1. The monoisotopic (exact) mass is 590 g/mol. The number of aromatic nitrogens is 4. The Bertz CT molecular complexity index is 1470. The average Bonchev–Trinajstić information content (AvgIpc) is 3.69. The number of hydrogen-bond donors (Lipinski definition) is 1. The van der Waals surface area contributed by atoms with Crippen molar-refractivity contribution in [2.24, 2.45) is 0 Å². The second-order valence-corrected chi connectivity index (χ2v) is 13.7. The van der Waals surface area contributed by atoms with Crippen molar-refractivity contribution in [3.8, 4) is 0 Å². The molecule has 3 fully saturated rings. The van der Waals surface area contributed by atoms with Crippen LogP contribution < -0.4 is 4.90 Å². The first kappa shape index (κ1) is 27.2. The molecule has 3 atom stereocenters. The number of amides is 1. The summed E-state index contributed by atoms with van der Waals surface area (Å²) in [5.74, 6) is 0.390. The Morgan fingerprint density at radius 1 is 1.15 bits per heavy atom. The molecule has 0 spiro atoms. The molecule has 15 heteroatoms. The summed E-state index contributed by atoms with van der Waals surface area (Å²) in [5.41, 5.74) is 0.939. The van der Waals surface area contributed by atoms with Crippen molar-refractivity contribution in [1.82, 2.24) is 33.9 Å². The molecule has 2 aromatic heterocycles. The first-order valence-corrected chi connectivity index (χ1v) is 15.5. The van der Waals surface area contributed by atoms with E-state index in [-0.39, 0.29) is 34.6 Å². The highest BCUT2D eigenvalue weighted by Crippen LogP contribution is 2.32. The first-order valence-electron chi connectivity index (χ1n) is 13.2. The minimum Gasteiger partial charge on any atom is -0.391 e. The van der Waals surface area contributed by atoms with Gasteiger partial charge in [-0.1, -0.05) is 23.5 Å². The highest BCUT2D eigenvalue weighted by atomic mass is 32.2. The summed E-state index contributed by atoms with van der Waals surface area (Å²) in [4.78, 5) is 22.5. The Morgan fingerprint density at radius 2 is 1.90 bits per heavy atom. The highest BCUT2D eigenvalue weighted by Gasteiger charge is 2.40. The van der Waals surface area contributed by atoms with Gasteiger partial charge < -0.3 is 19.5 Å². The van der Waals surface area contributed by atoms with Crippen molar-refractivity contribution in [3.63, 3.8) is 0 Å². The molecule has 0 aliphatic carbocycles. The minimum atomic E-state index is -3.73. The quantitative estimate of drug-likeness (QED) is 0.424. The third-order valence-corrected chi connectivity index (χ3v) is 11.3. The SMILES string of the molecule is C[C@H](c1ccc(F)cc1)n1cnnc1CN1CCN(S(=O)(=O)c2cnc(N3CC(=O)N4C[C@H](O)C[C@H]4C3)s2)CC1. The predicted molar refractivity (Wildman–Crippen MR) is 145 cm³/mol. The zero-order valence-electron chi connectivity index (χ0n) is 22.0. The van der Waals surface area contributed by atoms with Gasteiger partial charge in [-0.15, -0.1) is 10.2 Å². The van der Waals surface area contributed by atoms with Gasteiger partial charge in [0, 0.05) is 39.3 Å². The lowest BCUT2D eigenvalue weighted by molar-refractivity contribution is -0.132. The van der Waals surface area contributed by atoms with Crippen molar-refractivity contribution in [3.05, 3.63) is 54.0 Å². The molecule has 6 rings (SSSR count). The molecule has 214 valence electrons. The zero-order valence-corrected chi connectivity index (χ0v) is 23.6. The number of piperazine rings is 2. The van der Waals surface area contributed by atoms with E-state index >= 15 is 0 Å². The molecule has 0 unspecified atom stereocenters. The number of aliphatic hydroxyl groups is 1. The lowest BCUT2D eigenvalue weighted by atomic mass is 10.1. The van der Waals surface area contributed by atoms with Gasteiger partial charge in [0.05, 0.1) is 37.5 Å². The molecular formula is C25H31FN8O4S2. The second-order valence-electron chi connectivity index (χ2n) is 10.5. The molecule has 3 saturated heterocycles. The topological polar surface area (TPSA) is 128 Å². The molecule has 3 aromatic rings. The van der Waals surface area contributed by atoms with E-state index in [1.54, 1.807) is 23.4 Å². The van der Waals surface area contributed by atoms with Gasteiger partial charge in [-0.2, -0.15) is 4.31 Å². The summed E-state index contributed by atoms with van der Waals surface area (Å²) in [5, 5.41) is 18.8. The number of benzene rings is 1. The van der Waals surface area contributed by atoms with Crippen molar-refractivity contribution in [2.75, 3.05) is 50.7 Å². The molecule has 1 amide bonds. The van der Waals surface area contributed by atoms with Crippen LogP contribution in [0.5, 0.6) is 0 Å². The molecule has 5 heterocycles. The number of halogens is 1. The third-order valence-electron chi connectivity index (χ3n) is 7.92. The number of rotatable bonds is 7. The number of carbonyl (C=O) groups is 1. The van der Waals surface area contributed by atoms with E-state index in [4.69, 9.17) is 0 Å². The van der Waals surface area contributed by atoms with Gasteiger partial charge in [0.25, 0.3) is 10.0 Å². The average molecular weight is 591 g/mol. The van der Waals surface area contributed by atoms with Gasteiger partial charge in [-0.3, -0.25) is 9.69 Å². The molecule has 3 aliphatic rings. The summed E-state index contributed by atoms with van der Waals surface area (Å²) >= 11 is 1.08. The smallest absolute Gasteiger partial charge is 0.254 e. The number of aliphatic hydroxyl groups excluding tert-OH is 1. The summed E-state index contributed by atoms with van der Waals surface area (Å²) in [7, 11) is -3.73. The Labute approximate surface area is 235 Å². The van der Waals surface area contributed by atoms with Crippen molar-refractivity contribution in [1.29, 1.82) is 0 Å². The fourth-order valence-electron chi connectivity index (χ4n) is 5.67. The molecule has 1 N–H and O–H groups in total. The van der Waals surface area contributed by atoms with Gasteiger partial charge in [0.1, 0.15) is 18.0 Å². The van der Waals surface area contributed by atoms with E-state index in [0.29, 0.717) is 57.4 Å². The van der Waals surface area contributed by atoms with Crippen LogP contribution in [0.4, 0.5) is 9.52 Å². The van der Waals surface area contributed by atoms with E-state index in [0.717, 1.165) is 22.7 Å². The number of nitrogens with zero attached hydrogens (tertiary/aromatic N) is 8. The van der Waals surface area contributed by atoms with Gasteiger partial charge in [-0.05, 0) is 31.0 Å². The lowest BCUT2D eigenvalue weighted by Crippen LogP contribution is -2.53. The maximum atomic E-state index is 13.4. The summed E-state index contributed by atoms with van der Waals surface area (Å²) in [6, 6.07) is 6.19. The normalized spacial score (nSPS) is 23.5. The number of hydrogen-bond acceptors (Lipinski definition) is 10. The van der Waals surface area contributed by atoms with E-state index in [1.807, 2.05) is 16.4 Å². The Hall–Kier alpha value is -2.98. The molecule has 1 aromatic carbocycles. The van der Waals surface area contributed by atoms with Crippen LogP contribution in [0.25, 0.3) is 0 Å². The van der Waals surface area contributed by atoms with Crippen LogP contribution in [-0.2, 0) is 21.4 Å². The van der Waals surface area contributed by atoms with E-state index < -0.39 is 16.1 Å². The van der Waals surface area contributed by atoms with Crippen LogP contribution in [0.15, 0.2) is 41.0 Å². The van der Waals surface area contributed by atoms with Crippen molar-refractivity contribution < 1.29 is 22.7 Å². The fraction of sp³-hybridized carbons (Fsp3) is 0.520. The Balaban J connectivity index is 1.07. The predicted octanol–water partition coefficient (Wildman–Crippen LogP) is 0.771. The number of sulfonamides is 1. The molecular weight excluding hydrogens is 559 g/mol. The third kappa shape index (κ3) is 5.23. The van der Waals surface area contributed by atoms with Crippen molar-refractivity contribution >= 4 is 32.4 Å². The van der Waals surface area contributed by atoms with E-state index in [9.17, 15) is 22.7 Å². The summed E-state index contributed by atoms with van der Waals surface area (Å²) < 4.78 is 43.8. The molecule has 0 bridgehead atoms. The highest BCUT2D eigenvalue weighted by molar-refractivity contribution is 7.91. The molecule has 12 nitrogen and oxygen atoms in total. The molecule has 3 aliphatic heterocycles. The zero-order chi connectivity index (χ0) is 28.0. The van der Waals surface area contributed by atoms with E-state index in [2.05, 4.69) is 20.1 Å². The van der Waals surface area contributed by atoms with Crippen LogP contribution in [0.1, 0.15) is 30.8 Å². The van der Waals surface area contributed by atoms with Crippen LogP contribution in [0.3, 0.4) is 0 Å². The van der Waals surface area contributed by atoms with Gasteiger partial charge in [0.15, 0.2) is 9.34 Å². The van der Waals surface area contributed by atoms with Crippen LogP contribution in [-0.4, -0.2) is 111 Å². The second kappa shape index (κ2) is 10.8. The van der Waals surface area contributed by atoms with Gasteiger partial charge in [0.2, 0.25) is 5.91 Å². The maximum Gasteiger partial charge on any atom is 0.254 e. The maximum absolute atomic E-state index is 13.4. The lowest BCUT2D eigenvalue weighted by Gasteiger charge is -2.36. The summed E-state index contributed by atoms with van der Waals surface area (Å²) in [6.45, 7) is 5.24. The van der Waals surface area contributed by atoms with Crippen LogP contribution in [0, 0.1) is 5.82 Å². The van der Waals surface area contributed by atoms with Crippen LogP contribution in [0.2, 0.25) is 0 Å². The number of carbonyl (C=O) groups excluding carboxylic acids is 1. The first-order chi connectivity index (χ1) is 19.2. The number of thiazole rings is 1. The number of anilines is 1. The summed E-state index contributed by atoms with van der Waals surface area (Å²) in [6.07, 6.45) is 3.04. The van der Waals surface area contributed by atoms with Gasteiger partial charge >= 0.3 is 0 Å². The minimum absolute atomic E-state index is 0.0774. The molecule has 40 heavy (non-hydrogen) atoms. The van der Waals surface area contributed by atoms with E-state index in [1.165, 1.54) is 22.6 Å². The molecule has 0 saturated carbocycles. The number of fused-ring (bicyclic) bond motifs is 1. The van der Waals surface area contributed by atoms with Crippen LogP contribution >= 0.6 is 11.3 Å². The molecule has 0 radical (unpaired) electrons.